The summed E-state index contributed by atoms with van der Waals surface area (Å²) >= 11 is 6.36. The van der Waals surface area contributed by atoms with E-state index in [1.54, 1.807) is 0 Å². The number of aryl methyl sites for hydroxylation is 2. The first kappa shape index (κ1) is 13.4. The average molecular weight is 283 g/mol. The fraction of sp³-hybridized carbons (Fsp3) is 0.786. The smallest absolute Gasteiger partial charge is 0.0860 e. The van der Waals surface area contributed by atoms with Gasteiger partial charge in [0.25, 0.3) is 0 Å². The van der Waals surface area contributed by atoms with Crippen LogP contribution in [0.15, 0.2) is 0 Å². The van der Waals surface area contributed by atoms with Gasteiger partial charge in [-0.3, -0.25) is 4.68 Å². The van der Waals surface area contributed by atoms with Gasteiger partial charge in [0, 0.05) is 25.7 Å². The average Bonchev–Trinajstić information content (AvgIpc) is 2.73. The van der Waals surface area contributed by atoms with Crippen LogP contribution in [0.1, 0.15) is 31.2 Å². The molecule has 4 nitrogen and oxygen atoms in total. The molecule has 1 aromatic rings. The van der Waals surface area contributed by atoms with Crippen LogP contribution in [0.3, 0.4) is 0 Å². The molecule has 3 aliphatic rings. The lowest BCUT2D eigenvalue weighted by atomic mass is 9.84. The van der Waals surface area contributed by atoms with E-state index < -0.39 is 0 Å². The van der Waals surface area contributed by atoms with Crippen molar-refractivity contribution in [1.29, 1.82) is 0 Å². The second kappa shape index (κ2) is 5.43. The van der Waals surface area contributed by atoms with Crippen molar-refractivity contribution >= 4 is 11.6 Å². The van der Waals surface area contributed by atoms with Gasteiger partial charge in [-0.05, 0) is 45.7 Å². The highest BCUT2D eigenvalue weighted by Gasteiger charge is 2.33. The molecule has 0 aliphatic carbocycles. The Morgan fingerprint density at radius 3 is 2.68 bits per heavy atom. The standard InChI is InChI=1S/C14H23ClN4/c1-3-19-13(14(15)10(2)17-19)8-16-12-9-18-6-4-11(12)5-7-18/h11-12,16H,3-9H2,1-2H3. The van der Waals surface area contributed by atoms with E-state index in [0.717, 1.165) is 35.4 Å². The number of halogens is 1. The van der Waals surface area contributed by atoms with Crippen molar-refractivity contribution in [3.8, 4) is 0 Å². The first-order valence-corrected chi connectivity index (χ1v) is 7.74. The minimum atomic E-state index is 0.624. The normalized spacial score (nSPS) is 29.9. The van der Waals surface area contributed by atoms with Crippen molar-refractivity contribution in [3.63, 3.8) is 0 Å². The zero-order chi connectivity index (χ0) is 13.4. The van der Waals surface area contributed by atoms with E-state index in [1.165, 1.54) is 32.5 Å². The predicted octanol–water partition coefficient (Wildman–Crippen LogP) is 2.05. The molecule has 0 saturated carbocycles. The molecule has 0 radical (unpaired) electrons. The lowest BCUT2D eigenvalue weighted by Gasteiger charge is -2.45. The molecule has 1 unspecified atom stereocenters. The summed E-state index contributed by atoms with van der Waals surface area (Å²) in [4.78, 5) is 2.57. The van der Waals surface area contributed by atoms with Crippen LogP contribution in [0.5, 0.6) is 0 Å². The number of hydrogen-bond donors (Lipinski definition) is 1. The van der Waals surface area contributed by atoms with E-state index in [1.807, 2.05) is 11.6 Å². The molecule has 19 heavy (non-hydrogen) atoms. The number of nitrogens with one attached hydrogen (secondary N) is 1. The molecular formula is C14H23ClN4. The highest BCUT2D eigenvalue weighted by atomic mass is 35.5. The molecular weight excluding hydrogens is 260 g/mol. The second-order valence-electron chi connectivity index (χ2n) is 5.79. The molecule has 3 fully saturated rings. The maximum absolute atomic E-state index is 6.36. The fourth-order valence-electron chi connectivity index (χ4n) is 3.46. The first-order valence-electron chi connectivity index (χ1n) is 7.36. The van der Waals surface area contributed by atoms with Gasteiger partial charge in [0.15, 0.2) is 0 Å². The van der Waals surface area contributed by atoms with E-state index in [9.17, 15) is 0 Å². The number of aromatic nitrogens is 2. The minimum Gasteiger partial charge on any atom is -0.307 e. The Kier molecular flexibility index (Phi) is 3.83. The topological polar surface area (TPSA) is 33.1 Å². The Morgan fingerprint density at radius 1 is 1.37 bits per heavy atom. The molecule has 106 valence electrons. The molecule has 1 aromatic heterocycles. The summed E-state index contributed by atoms with van der Waals surface area (Å²) in [6.45, 7) is 9.58. The predicted molar refractivity (Wildman–Crippen MR) is 77.4 cm³/mol. The quantitative estimate of drug-likeness (QED) is 0.918. The molecule has 1 N–H and O–H groups in total. The van der Waals surface area contributed by atoms with Crippen LogP contribution in [-0.2, 0) is 13.1 Å². The van der Waals surface area contributed by atoms with Gasteiger partial charge in [-0.15, -0.1) is 0 Å². The van der Waals surface area contributed by atoms with Crippen LogP contribution in [-0.4, -0.2) is 40.4 Å². The molecule has 1 atom stereocenters. The van der Waals surface area contributed by atoms with Crippen LogP contribution in [0.25, 0.3) is 0 Å². The third-order valence-corrected chi connectivity index (χ3v) is 5.13. The molecule has 3 saturated heterocycles. The molecule has 4 rings (SSSR count). The minimum absolute atomic E-state index is 0.624. The van der Waals surface area contributed by atoms with Crippen LogP contribution in [0, 0.1) is 12.8 Å². The van der Waals surface area contributed by atoms with E-state index in [0.29, 0.717) is 6.04 Å². The molecule has 0 aromatic carbocycles. The SMILES string of the molecule is CCn1nc(C)c(Cl)c1CNC1CN2CCC1CC2. The number of piperidine rings is 3. The summed E-state index contributed by atoms with van der Waals surface area (Å²) in [5.41, 5.74) is 2.08. The third kappa shape index (κ3) is 2.54. The second-order valence-corrected chi connectivity index (χ2v) is 6.17. The Hall–Kier alpha value is -0.580. The van der Waals surface area contributed by atoms with Gasteiger partial charge in [0.1, 0.15) is 0 Å². The Bertz CT molecular complexity index is 449. The number of rotatable bonds is 4. The monoisotopic (exact) mass is 282 g/mol. The number of fused-ring (bicyclic) bond motifs is 3. The van der Waals surface area contributed by atoms with Crippen LogP contribution >= 0.6 is 11.6 Å². The lowest BCUT2D eigenvalue weighted by Crippen LogP contribution is -2.55. The molecule has 3 aliphatic heterocycles. The highest BCUT2D eigenvalue weighted by Crippen LogP contribution is 2.28. The number of nitrogens with zero attached hydrogens (tertiary/aromatic N) is 3. The van der Waals surface area contributed by atoms with E-state index in [-0.39, 0.29) is 0 Å². The Morgan fingerprint density at radius 2 is 2.11 bits per heavy atom. The first-order chi connectivity index (χ1) is 9.19. The van der Waals surface area contributed by atoms with Crippen LogP contribution in [0.2, 0.25) is 5.02 Å². The zero-order valence-electron chi connectivity index (χ0n) is 11.8. The summed E-state index contributed by atoms with van der Waals surface area (Å²) in [7, 11) is 0. The molecule has 0 spiro atoms. The summed E-state index contributed by atoms with van der Waals surface area (Å²) in [6.07, 6.45) is 2.69. The Balaban J connectivity index is 1.66. The van der Waals surface area contributed by atoms with E-state index in [2.05, 4.69) is 22.2 Å². The van der Waals surface area contributed by atoms with Crippen molar-refractivity contribution in [3.05, 3.63) is 16.4 Å². The number of hydrogen-bond acceptors (Lipinski definition) is 3. The molecule has 4 heterocycles. The highest BCUT2D eigenvalue weighted by molar-refractivity contribution is 6.31. The maximum atomic E-state index is 6.36. The molecule has 5 heteroatoms. The van der Waals surface area contributed by atoms with Crippen molar-refractivity contribution in [2.75, 3.05) is 19.6 Å². The van der Waals surface area contributed by atoms with Crippen LogP contribution in [0.4, 0.5) is 0 Å². The van der Waals surface area contributed by atoms with Gasteiger partial charge >= 0.3 is 0 Å². The van der Waals surface area contributed by atoms with Gasteiger partial charge in [-0.1, -0.05) is 11.6 Å². The van der Waals surface area contributed by atoms with Gasteiger partial charge in [-0.25, -0.2) is 0 Å². The summed E-state index contributed by atoms with van der Waals surface area (Å²) < 4.78 is 2.02. The van der Waals surface area contributed by atoms with Gasteiger partial charge in [0.2, 0.25) is 0 Å². The van der Waals surface area contributed by atoms with Crippen molar-refractivity contribution in [2.45, 2.75) is 45.8 Å². The van der Waals surface area contributed by atoms with E-state index >= 15 is 0 Å². The largest absolute Gasteiger partial charge is 0.307 e. The Labute approximate surface area is 120 Å². The molecule has 2 bridgehead atoms. The zero-order valence-corrected chi connectivity index (χ0v) is 12.6. The summed E-state index contributed by atoms with van der Waals surface area (Å²) in [6, 6.07) is 0.624. The van der Waals surface area contributed by atoms with Crippen molar-refractivity contribution < 1.29 is 0 Å². The fourth-order valence-corrected chi connectivity index (χ4v) is 3.66. The summed E-state index contributed by atoms with van der Waals surface area (Å²) in [5, 5.41) is 9.02. The van der Waals surface area contributed by atoms with Gasteiger partial charge in [0.05, 0.1) is 16.4 Å². The lowest BCUT2D eigenvalue weighted by molar-refractivity contribution is 0.0717. The van der Waals surface area contributed by atoms with Gasteiger partial charge in [-0.2, -0.15) is 5.10 Å². The van der Waals surface area contributed by atoms with E-state index in [4.69, 9.17) is 11.6 Å². The van der Waals surface area contributed by atoms with Crippen LogP contribution < -0.4 is 5.32 Å². The van der Waals surface area contributed by atoms with Crippen molar-refractivity contribution in [1.82, 2.24) is 20.0 Å². The third-order valence-electron chi connectivity index (χ3n) is 4.64. The van der Waals surface area contributed by atoms with Crippen molar-refractivity contribution in [2.24, 2.45) is 5.92 Å². The summed E-state index contributed by atoms with van der Waals surface area (Å²) in [5.74, 6) is 0.850. The molecule has 0 amide bonds. The maximum Gasteiger partial charge on any atom is 0.0860 e. The van der Waals surface area contributed by atoms with Gasteiger partial charge < -0.3 is 10.2 Å².